The first-order valence-corrected chi connectivity index (χ1v) is 10.7. The number of hydrogen-bond donors (Lipinski definition) is 2. The van der Waals surface area contributed by atoms with Crippen LogP contribution in [0.1, 0.15) is 24.2 Å². The highest BCUT2D eigenvalue weighted by atomic mass is 32.2. The Hall–Kier alpha value is -3.78. The minimum absolute atomic E-state index is 0.00132. The Morgan fingerprint density at radius 3 is 2.81 bits per heavy atom. The zero-order chi connectivity index (χ0) is 22.9. The first-order chi connectivity index (χ1) is 15.3. The summed E-state index contributed by atoms with van der Waals surface area (Å²) in [7, 11) is -2.80. The van der Waals surface area contributed by atoms with E-state index in [9.17, 15) is 17.6 Å². The van der Waals surface area contributed by atoms with Gasteiger partial charge in [0.05, 0.1) is 25.0 Å². The van der Waals surface area contributed by atoms with Crippen molar-refractivity contribution in [3.05, 3.63) is 54.1 Å². The highest BCUT2D eigenvalue weighted by Gasteiger charge is 2.34. The quantitative estimate of drug-likeness (QED) is 0.537. The van der Waals surface area contributed by atoms with Gasteiger partial charge in [-0.15, -0.1) is 0 Å². The Labute approximate surface area is 181 Å². The first-order valence-electron chi connectivity index (χ1n) is 9.18. The van der Waals surface area contributed by atoms with E-state index in [1.807, 2.05) is 9.44 Å². The number of oxazole rings is 1. The molecular formula is C18H17FN6O6S. The van der Waals surface area contributed by atoms with Crippen LogP contribution in [0.2, 0.25) is 0 Å². The van der Waals surface area contributed by atoms with Crippen molar-refractivity contribution in [3.63, 3.8) is 0 Å². The number of carbonyl (C=O) groups excluding carboxylic acids is 1. The van der Waals surface area contributed by atoms with Crippen molar-refractivity contribution >= 4 is 22.1 Å². The average Bonchev–Trinajstić information content (AvgIpc) is 3.26. The summed E-state index contributed by atoms with van der Waals surface area (Å²) < 4.78 is 57.9. The van der Waals surface area contributed by atoms with E-state index in [0.717, 1.165) is 0 Å². The third kappa shape index (κ3) is 4.31. The highest BCUT2D eigenvalue weighted by Crippen LogP contribution is 2.37. The van der Waals surface area contributed by atoms with Crippen LogP contribution in [0.15, 0.2) is 41.4 Å². The second-order valence-corrected chi connectivity index (χ2v) is 8.19. The maximum atomic E-state index is 14.8. The molecule has 0 saturated heterocycles. The van der Waals surface area contributed by atoms with Gasteiger partial charge in [0, 0.05) is 24.9 Å². The molecule has 0 saturated carbocycles. The fourth-order valence-electron chi connectivity index (χ4n) is 2.95. The van der Waals surface area contributed by atoms with Crippen LogP contribution < -0.4 is 18.9 Å². The molecule has 0 spiro atoms. The van der Waals surface area contributed by atoms with Gasteiger partial charge in [-0.1, -0.05) is 0 Å². The molecule has 4 rings (SSSR count). The maximum absolute atomic E-state index is 14.8. The molecule has 3 aromatic rings. The maximum Gasteiger partial charge on any atom is 0.416 e. The lowest BCUT2D eigenvalue weighted by Gasteiger charge is -2.33. The second-order valence-electron chi connectivity index (χ2n) is 6.57. The summed E-state index contributed by atoms with van der Waals surface area (Å²) in [5.74, 6) is -0.983. The number of rotatable bonds is 7. The number of amides is 1. The Balaban J connectivity index is 1.56. The molecule has 0 aliphatic carbocycles. The third-order valence-electron chi connectivity index (χ3n) is 4.58. The number of aromatic nitrogens is 3. The summed E-state index contributed by atoms with van der Waals surface area (Å²) in [5, 5.41) is 0. The molecule has 0 radical (unpaired) electrons. The molecule has 4 heterocycles. The third-order valence-corrected chi connectivity index (χ3v) is 5.58. The van der Waals surface area contributed by atoms with Gasteiger partial charge in [0.2, 0.25) is 0 Å². The summed E-state index contributed by atoms with van der Waals surface area (Å²) >= 11 is 0. The second kappa shape index (κ2) is 8.39. The van der Waals surface area contributed by atoms with Crippen LogP contribution >= 0.6 is 0 Å². The van der Waals surface area contributed by atoms with Crippen LogP contribution in [0, 0.1) is 5.82 Å². The van der Waals surface area contributed by atoms with E-state index >= 15 is 0 Å². The molecule has 2 N–H and O–H groups in total. The summed E-state index contributed by atoms with van der Waals surface area (Å²) in [6.07, 6.45) is 4.65. The molecule has 1 amide bonds. The minimum Gasteiger partial charge on any atom is -0.417 e. The van der Waals surface area contributed by atoms with Gasteiger partial charge in [0.1, 0.15) is 12.0 Å². The van der Waals surface area contributed by atoms with E-state index in [4.69, 9.17) is 13.9 Å². The van der Waals surface area contributed by atoms with Crippen molar-refractivity contribution in [1.82, 2.24) is 24.6 Å². The molecule has 32 heavy (non-hydrogen) atoms. The summed E-state index contributed by atoms with van der Waals surface area (Å²) in [6.45, 7) is 1.49. The van der Waals surface area contributed by atoms with Crippen LogP contribution in [-0.2, 0) is 16.8 Å². The topological polar surface area (TPSA) is 149 Å². The zero-order valence-corrected chi connectivity index (χ0v) is 17.6. The van der Waals surface area contributed by atoms with Gasteiger partial charge >= 0.3 is 12.2 Å². The fourth-order valence-corrected chi connectivity index (χ4v) is 3.45. The Kier molecular flexibility index (Phi) is 5.63. The van der Waals surface area contributed by atoms with Crippen LogP contribution in [0.4, 0.5) is 15.0 Å². The van der Waals surface area contributed by atoms with Crippen LogP contribution in [0.25, 0.3) is 0 Å². The number of fused-ring (bicyclic) bond motifs is 1. The standard InChI is InChI=1S/C18H17FN6O6S/c1-10-15-13(7-12(8-23-15)30-17-22-5-6-29-17)31-18(26)25(10)9-11-3-4-21-16(14(11)19)24-32(27,28)20-2/h3-8,10,20H,9H2,1-2H3,(H,21,24). The summed E-state index contributed by atoms with van der Waals surface area (Å²) in [5.41, 5.74) is 0.458. The number of anilines is 1. The molecule has 1 aliphatic heterocycles. The fraction of sp³-hybridized carbons (Fsp3) is 0.222. The Morgan fingerprint density at radius 2 is 2.09 bits per heavy atom. The van der Waals surface area contributed by atoms with Gasteiger partial charge in [0.25, 0.3) is 10.2 Å². The van der Waals surface area contributed by atoms with Gasteiger partial charge < -0.3 is 13.9 Å². The van der Waals surface area contributed by atoms with Crippen molar-refractivity contribution in [2.45, 2.75) is 19.5 Å². The normalized spacial score (nSPS) is 15.8. The average molecular weight is 464 g/mol. The Bertz CT molecular complexity index is 1250. The van der Waals surface area contributed by atoms with Crippen molar-refractivity contribution in [3.8, 4) is 17.6 Å². The minimum atomic E-state index is -3.97. The molecule has 168 valence electrons. The molecule has 0 bridgehead atoms. The number of ether oxygens (including phenoxy) is 2. The number of pyridine rings is 2. The monoisotopic (exact) mass is 464 g/mol. The number of hydrogen-bond acceptors (Lipinski definition) is 9. The van der Waals surface area contributed by atoms with Gasteiger partial charge in [-0.2, -0.15) is 13.4 Å². The molecule has 0 aromatic carbocycles. The molecule has 12 nitrogen and oxygen atoms in total. The van der Waals surface area contributed by atoms with E-state index in [-0.39, 0.29) is 29.7 Å². The molecule has 1 unspecified atom stereocenters. The van der Waals surface area contributed by atoms with E-state index in [2.05, 4.69) is 15.0 Å². The van der Waals surface area contributed by atoms with E-state index in [0.29, 0.717) is 5.69 Å². The van der Waals surface area contributed by atoms with Gasteiger partial charge in [-0.25, -0.2) is 18.9 Å². The summed E-state index contributed by atoms with van der Waals surface area (Å²) in [4.78, 5) is 25.7. The highest BCUT2D eigenvalue weighted by molar-refractivity contribution is 7.90. The lowest BCUT2D eigenvalue weighted by molar-refractivity contribution is 0.114. The zero-order valence-electron chi connectivity index (χ0n) is 16.8. The smallest absolute Gasteiger partial charge is 0.416 e. The molecular weight excluding hydrogens is 447 g/mol. The Morgan fingerprint density at radius 1 is 1.28 bits per heavy atom. The van der Waals surface area contributed by atoms with Crippen LogP contribution in [0.5, 0.6) is 17.6 Å². The van der Waals surface area contributed by atoms with E-state index in [1.165, 1.54) is 48.9 Å². The van der Waals surface area contributed by atoms with Crippen LogP contribution in [-0.4, -0.2) is 41.4 Å². The molecule has 1 atom stereocenters. The largest absolute Gasteiger partial charge is 0.417 e. The predicted octanol–water partition coefficient (Wildman–Crippen LogP) is 2.35. The SMILES string of the molecule is CNS(=O)(=O)Nc1nccc(CN2C(=O)Oc3cc(Oc4ncco4)cnc3C2C)c1F. The van der Waals surface area contributed by atoms with Crippen molar-refractivity contribution in [2.24, 2.45) is 0 Å². The molecule has 1 aliphatic rings. The first kappa shape index (κ1) is 21.5. The predicted molar refractivity (Wildman–Crippen MR) is 107 cm³/mol. The van der Waals surface area contributed by atoms with Gasteiger partial charge in [0.15, 0.2) is 23.1 Å². The van der Waals surface area contributed by atoms with Crippen molar-refractivity contribution in [2.75, 3.05) is 11.8 Å². The molecule has 0 fully saturated rings. The summed E-state index contributed by atoms with van der Waals surface area (Å²) in [6, 6.07) is 2.23. The van der Waals surface area contributed by atoms with E-state index in [1.54, 1.807) is 6.92 Å². The van der Waals surface area contributed by atoms with E-state index < -0.39 is 34.0 Å². The molecule has 3 aromatic heterocycles. The van der Waals surface area contributed by atoms with Crippen LogP contribution in [0.3, 0.4) is 0 Å². The number of carbonyl (C=O) groups is 1. The van der Waals surface area contributed by atoms with Crippen molar-refractivity contribution < 1.29 is 31.5 Å². The lowest BCUT2D eigenvalue weighted by atomic mass is 10.1. The molecule has 14 heteroatoms. The van der Waals surface area contributed by atoms with Gasteiger partial charge in [-0.3, -0.25) is 14.6 Å². The number of nitrogens with zero attached hydrogens (tertiary/aromatic N) is 4. The number of nitrogens with one attached hydrogen (secondary N) is 2. The number of halogens is 1. The lowest BCUT2D eigenvalue weighted by Crippen LogP contribution is -2.40. The van der Waals surface area contributed by atoms with Gasteiger partial charge in [-0.05, 0) is 13.0 Å². The van der Waals surface area contributed by atoms with Crippen molar-refractivity contribution in [1.29, 1.82) is 0 Å².